The number of aliphatic carboxylic acids is 1. The lowest BCUT2D eigenvalue weighted by Gasteiger charge is -2.26. The minimum absolute atomic E-state index is 0.205. The van der Waals surface area contributed by atoms with Gasteiger partial charge in [0.05, 0.1) is 0 Å². The number of allylic oxidation sites excluding steroid dienone is 1. The van der Waals surface area contributed by atoms with Crippen LogP contribution in [0, 0.1) is 11.3 Å². The van der Waals surface area contributed by atoms with Crippen molar-refractivity contribution in [1.29, 1.82) is 0 Å². The summed E-state index contributed by atoms with van der Waals surface area (Å²) < 4.78 is 0. The molecule has 0 aliphatic heterocycles. The van der Waals surface area contributed by atoms with Crippen molar-refractivity contribution in [3.05, 3.63) is 11.6 Å². The Morgan fingerprint density at radius 3 is 2.31 bits per heavy atom. The molecule has 1 rings (SSSR count). The Kier molecular flexibility index (Phi) is 4.57. The first-order valence-corrected chi connectivity index (χ1v) is 6.43. The molecule has 1 saturated carbocycles. The fourth-order valence-electron chi connectivity index (χ4n) is 2.31. The van der Waals surface area contributed by atoms with Crippen molar-refractivity contribution >= 4 is 5.97 Å². The van der Waals surface area contributed by atoms with Gasteiger partial charge >= 0.3 is 5.97 Å². The van der Waals surface area contributed by atoms with Crippen molar-refractivity contribution in [1.82, 2.24) is 0 Å². The van der Waals surface area contributed by atoms with Gasteiger partial charge in [-0.15, -0.1) is 0 Å². The Morgan fingerprint density at radius 2 is 1.88 bits per heavy atom. The minimum Gasteiger partial charge on any atom is -0.478 e. The molecule has 0 aromatic carbocycles. The van der Waals surface area contributed by atoms with E-state index in [0.717, 1.165) is 19.3 Å². The van der Waals surface area contributed by atoms with E-state index in [1.807, 2.05) is 19.9 Å². The standard InChI is InChI=1S/C14H24O2/c1-4-14(2,3)12(13(15)16)10-11-8-6-5-7-9-11/h10-11H,4-9H2,1-3H3,(H,15,16). The molecule has 2 heteroatoms. The average Bonchev–Trinajstić information content (AvgIpc) is 2.26. The van der Waals surface area contributed by atoms with Crippen molar-refractivity contribution in [2.75, 3.05) is 0 Å². The van der Waals surface area contributed by atoms with Crippen molar-refractivity contribution < 1.29 is 9.90 Å². The zero-order chi connectivity index (χ0) is 12.2. The molecule has 0 amide bonds. The van der Waals surface area contributed by atoms with Crippen LogP contribution in [0.25, 0.3) is 0 Å². The van der Waals surface area contributed by atoms with Crippen LogP contribution in [0.5, 0.6) is 0 Å². The highest BCUT2D eigenvalue weighted by atomic mass is 16.4. The Labute approximate surface area is 98.7 Å². The molecule has 92 valence electrons. The Morgan fingerprint density at radius 1 is 1.31 bits per heavy atom. The van der Waals surface area contributed by atoms with E-state index in [-0.39, 0.29) is 5.41 Å². The van der Waals surface area contributed by atoms with Gasteiger partial charge < -0.3 is 5.11 Å². The van der Waals surface area contributed by atoms with E-state index in [1.54, 1.807) is 0 Å². The van der Waals surface area contributed by atoms with Crippen LogP contribution in [0.2, 0.25) is 0 Å². The third-order valence-corrected chi connectivity index (χ3v) is 3.90. The van der Waals surface area contributed by atoms with Gasteiger partial charge in [0, 0.05) is 5.57 Å². The predicted octanol–water partition coefficient (Wildman–Crippen LogP) is 4.01. The van der Waals surface area contributed by atoms with Crippen molar-refractivity contribution in [3.63, 3.8) is 0 Å². The molecule has 0 bridgehead atoms. The van der Waals surface area contributed by atoms with Crippen LogP contribution in [0.4, 0.5) is 0 Å². The van der Waals surface area contributed by atoms with Crippen LogP contribution < -0.4 is 0 Å². The summed E-state index contributed by atoms with van der Waals surface area (Å²) in [5, 5.41) is 9.30. The van der Waals surface area contributed by atoms with Gasteiger partial charge in [-0.25, -0.2) is 4.79 Å². The van der Waals surface area contributed by atoms with E-state index >= 15 is 0 Å². The molecule has 16 heavy (non-hydrogen) atoms. The van der Waals surface area contributed by atoms with E-state index in [2.05, 4.69) is 6.92 Å². The molecule has 1 aliphatic rings. The quantitative estimate of drug-likeness (QED) is 0.732. The first kappa shape index (κ1) is 13.3. The summed E-state index contributed by atoms with van der Waals surface area (Å²) in [4.78, 5) is 11.3. The predicted molar refractivity (Wildman–Crippen MR) is 66.4 cm³/mol. The molecule has 1 fully saturated rings. The van der Waals surface area contributed by atoms with Crippen LogP contribution in [0.15, 0.2) is 11.6 Å². The van der Waals surface area contributed by atoms with Crippen molar-refractivity contribution in [3.8, 4) is 0 Å². The summed E-state index contributed by atoms with van der Waals surface area (Å²) >= 11 is 0. The van der Waals surface area contributed by atoms with Gasteiger partial charge in [-0.3, -0.25) is 0 Å². The minimum atomic E-state index is -0.738. The van der Waals surface area contributed by atoms with E-state index in [4.69, 9.17) is 0 Å². The molecule has 0 atom stereocenters. The van der Waals surface area contributed by atoms with Crippen LogP contribution in [-0.4, -0.2) is 11.1 Å². The maximum absolute atomic E-state index is 11.3. The van der Waals surface area contributed by atoms with Gasteiger partial charge in [0.15, 0.2) is 0 Å². The molecular formula is C14H24O2. The van der Waals surface area contributed by atoms with Crippen LogP contribution in [-0.2, 0) is 4.79 Å². The second-order valence-electron chi connectivity index (χ2n) is 5.52. The highest BCUT2D eigenvalue weighted by Crippen LogP contribution is 2.34. The van der Waals surface area contributed by atoms with Crippen LogP contribution in [0.3, 0.4) is 0 Å². The molecule has 1 N–H and O–H groups in total. The first-order valence-electron chi connectivity index (χ1n) is 6.43. The maximum atomic E-state index is 11.3. The zero-order valence-corrected chi connectivity index (χ0v) is 10.8. The van der Waals surface area contributed by atoms with Gasteiger partial charge in [-0.1, -0.05) is 46.1 Å². The molecule has 0 aromatic heterocycles. The Balaban J connectivity index is 2.83. The fraction of sp³-hybridized carbons (Fsp3) is 0.786. The molecule has 0 aromatic rings. The second kappa shape index (κ2) is 5.51. The lowest BCUT2D eigenvalue weighted by molar-refractivity contribution is -0.133. The number of carbonyl (C=O) groups is 1. The monoisotopic (exact) mass is 224 g/mol. The van der Waals surface area contributed by atoms with Gasteiger partial charge in [-0.2, -0.15) is 0 Å². The summed E-state index contributed by atoms with van der Waals surface area (Å²) in [7, 11) is 0. The van der Waals surface area contributed by atoms with E-state index in [1.165, 1.54) is 19.3 Å². The van der Waals surface area contributed by atoms with Crippen molar-refractivity contribution in [2.24, 2.45) is 11.3 Å². The average molecular weight is 224 g/mol. The molecule has 0 heterocycles. The zero-order valence-electron chi connectivity index (χ0n) is 10.8. The largest absolute Gasteiger partial charge is 0.478 e. The van der Waals surface area contributed by atoms with Crippen molar-refractivity contribution in [2.45, 2.75) is 59.3 Å². The van der Waals surface area contributed by atoms with Gasteiger partial charge in [0.2, 0.25) is 0 Å². The highest BCUT2D eigenvalue weighted by molar-refractivity contribution is 5.88. The Bertz CT molecular complexity index is 270. The smallest absolute Gasteiger partial charge is 0.331 e. The topological polar surface area (TPSA) is 37.3 Å². The second-order valence-corrected chi connectivity index (χ2v) is 5.52. The van der Waals surface area contributed by atoms with Crippen LogP contribution in [0.1, 0.15) is 59.3 Å². The number of hydrogen-bond donors (Lipinski definition) is 1. The number of rotatable bonds is 4. The summed E-state index contributed by atoms with van der Waals surface area (Å²) in [5.74, 6) is -0.247. The lowest BCUT2D eigenvalue weighted by atomic mass is 9.78. The molecule has 0 radical (unpaired) electrons. The summed E-state index contributed by atoms with van der Waals surface area (Å²) in [6.07, 6.45) is 9.04. The van der Waals surface area contributed by atoms with Gasteiger partial charge in [-0.05, 0) is 30.6 Å². The lowest BCUT2D eigenvalue weighted by Crippen LogP contribution is -2.22. The van der Waals surface area contributed by atoms with Gasteiger partial charge in [0.1, 0.15) is 0 Å². The Hall–Kier alpha value is -0.790. The number of carboxylic acid groups (broad SMARTS) is 1. The van der Waals surface area contributed by atoms with Crippen LogP contribution >= 0.6 is 0 Å². The fourth-order valence-corrected chi connectivity index (χ4v) is 2.31. The van der Waals surface area contributed by atoms with Gasteiger partial charge in [0.25, 0.3) is 0 Å². The number of hydrogen-bond acceptors (Lipinski definition) is 1. The molecular weight excluding hydrogens is 200 g/mol. The van der Waals surface area contributed by atoms with E-state index < -0.39 is 5.97 Å². The molecule has 2 nitrogen and oxygen atoms in total. The summed E-state index contributed by atoms with van der Waals surface area (Å²) in [5.41, 5.74) is 0.408. The molecule has 0 spiro atoms. The molecule has 1 aliphatic carbocycles. The third kappa shape index (κ3) is 3.36. The first-order chi connectivity index (χ1) is 7.47. The van der Waals surface area contributed by atoms with E-state index in [9.17, 15) is 9.90 Å². The summed E-state index contributed by atoms with van der Waals surface area (Å²) in [6.45, 7) is 6.10. The normalized spacial score (nSPS) is 19.8. The molecule has 0 unspecified atom stereocenters. The molecule has 0 saturated heterocycles. The summed E-state index contributed by atoms with van der Waals surface area (Å²) in [6, 6.07) is 0. The SMILES string of the molecule is CCC(C)(C)C(=CC1CCCCC1)C(=O)O. The number of carboxylic acids is 1. The third-order valence-electron chi connectivity index (χ3n) is 3.90. The van der Waals surface area contributed by atoms with E-state index in [0.29, 0.717) is 11.5 Å². The maximum Gasteiger partial charge on any atom is 0.331 e. The highest BCUT2D eigenvalue weighted by Gasteiger charge is 2.27.